The number of guanidine groups is 1. The zero-order valence-corrected chi connectivity index (χ0v) is 17.2. The molecule has 0 unspecified atom stereocenters. The molecule has 0 aliphatic heterocycles. The molecule has 1 heterocycles. The predicted molar refractivity (Wildman–Crippen MR) is 109 cm³/mol. The first-order valence-corrected chi connectivity index (χ1v) is 8.49. The maximum absolute atomic E-state index is 11.7. The van der Waals surface area contributed by atoms with Crippen molar-refractivity contribution < 1.29 is 4.79 Å². The summed E-state index contributed by atoms with van der Waals surface area (Å²) < 4.78 is 2.11. The number of hydrogen-bond acceptors (Lipinski definition) is 2. The summed E-state index contributed by atoms with van der Waals surface area (Å²) in [6.45, 7) is 4.36. The topological polar surface area (TPSA) is 61.7 Å². The molecule has 6 nitrogen and oxygen atoms in total. The second-order valence-electron chi connectivity index (χ2n) is 6.15. The third kappa shape index (κ3) is 7.11. The number of halogens is 1. The molecule has 2 rings (SSSR count). The summed E-state index contributed by atoms with van der Waals surface area (Å²) in [5, 5.41) is 6.32. The molecule has 1 fully saturated rings. The van der Waals surface area contributed by atoms with Crippen molar-refractivity contribution in [2.75, 3.05) is 20.1 Å². The number of nitrogens with zero attached hydrogens (tertiary/aromatic N) is 3. The summed E-state index contributed by atoms with van der Waals surface area (Å²) in [7, 11) is 4.08. The normalized spacial score (nSPS) is 14.0. The van der Waals surface area contributed by atoms with Crippen LogP contribution in [0.3, 0.4) is 0 Å². The van der Waals surface area contributed by atoms with E-state index < -0.39 is 0 Å². The number of rotatable bonds is 8. The van der Waals surface area contributed by atoms with Gasteiger partial charge in [0.25, 0.3) is 0 Å². The molecule has 0 saturated heterocycles. The molecule has 1 aliphatic rings. The van der Waals surface area contributed by atoms with Crippen LogP contribution in [0.4, 0.5) is 0 Å². The van der Waals surface area contributed by atoms with Crippen LogP contribution >= 0.6 is 24.0 Å². The molecule has 1 aliphatic carbocycles. The molecule has 0 atom stereocenters. The highest BCUT2D eigenvalue weighted by atomic mass is 127. The molecule has 0 radical (unpaired) electrons. The van der Waals surface area contributed by atoms with E-state index in [1.807, 2.05) is 26.4 Å². The fraction of sp³-hybridized carbons (Fsp3) is 0.647. The van der Waals surface area contributed by atoms with Crippen molar-refractivity contribution in [3.63, 3.8) is 0 Å². The van der Waals surface area contributed by atoms with Crippen molar-refractivity contribution in [1.29, 1.82) is 0 Å². The Balaban J connectivity index is 0.00000288. The van der Waals surface area contributed by atoms with Crippen LogP contribution in [0, 0.1) is 0 Å². The van der Waals surface area contributed by atoms with Gasteiger partial charge in [-0.2, -0.15) is 0 Å². The first-order valence-electron chi connectivity index (χ1n) is 8.49. The Labute approximate surface area is 162 Å². The van der Waals surface area contributed by atoms with Gasteiger partial charge in [0, 0.05) is 51.5 Å². The third-order valence-corrected chi connectivity index (χ3v) is 3.91. The Kier molecular flexibility index (Phi) is 9.17. The molecule has 1 saturated carbocycles. The quantitative estimate of drug-likeness (QED) is 0.278. The van der Waals surface area contributed by atoms with Crippen LogP contribution in [0.15, 0.2) is 23.3 Å². The molecule has 1 aromatic rings. The average molecular weight is 447 g/mol. The van der Waals surface area contributed by atoms with Crippen molar-refractivity contribution in [2.45, 2.75) is 45.2 Å². The van der Waals surface area contributed by atoms with Crippen LogP contribution in [-0.2, 0) is 18.4 Å². The van der Waals surface area contributed by atoms with Gasteiger partial charge in [-0.1, -0.05) is 0 Å². The van der Waals surface area contributed by atoms with Crippen molar-refractivity contribution in [2.24, 2.45) is 12.0 Å². The van der Waals surface area contributed by atoms with Crippen LogP contribution in [0.25, 0.3) is 0 Å². The number of carbonyl (C=O) groups is 1. The van der Waals surface area contributed by atoms with Gasteiger partial charge >= 0.3 is 0 Å². The molecule has 0 aromatic carbocycles. The summed E-state index contributed by atoms with van der Waals surface area (Å²) in [5.41, 5.74) is 1.24. The molecule has 136 valence electrons. The molecule has 24 heavy (non-hydrogen) atoms. The minimum absolute atomic E-state index is 0. The van der Waals surface area contributed by atoms with Gasteiger partial charge in [-0.15, -0.1) is 24.0 Å². The van der Waals surface area contributed by atoms with Crippen LogP contribution in [0.5, 0.6) is 0 Å². The maximum atomic E-state index is 11.7. The monoisotopic (exact) mass is 447 g/mol. The number of aliphatic imine (C=N–C) groups is 1. The van der Waals surface area contributed by atoms with Crippen LogP contribution in [0.2, 0.25) is 0 Å². The Morgan fingerprint density at radius 2 is 2.21 bits per heavy atom. The lowest BCUT2D eigenvalue weighted by atomic mass is 10.3. The van der Waals surface area contributed by atoms with Gasteiger partial charge in [0.1, 0.15) is 0 Å². The zero-order chi connectivity index (χ0) is 16.7. The standard InChI is InChI=1S/C17H29N5O.HI/c1-4-18-17(22(3)13-15-7-6-12-21(15)2)19-11-5-8-16(23)20-14-9-10-14;/h6-7,12,14H,4-5,8-11,13H2,1-3H3,(H,18,19)(H,20,23);1H. The lowest BCUT2D eigenvalue weighted by molar-refractivity contribution is -0.121. The van der Waals surface area contributed by atoms with Crippen molar-refractivity contribution in [3.8, 4) is 0 Å². The van der Waals surface area contributed by atoms with Crippen molar-refractivity contribution in [3.05, 3.63) is 24.0 Å². The highest BCUT2D eigenvalue weighted by molar-refractivity contribution is 14.0. The zero-order valence-electron chi connectivity index (χ0n) is 14.9. The summed E-state index contributed by atoms with van der Waals surface area (Å²) in [6, 6.07) is 4.60. The van der Waals surface area contributed by atoms with E-state index in [1.54, 1.807) is 0 Å². The van der Waals surface area contributed by atoms with E-state index in [2.05, 4.69) is 38.1 Å². The molecular weight excluding hydrogens is 417 g/mol. The molecule has 2 N–H and O–H groups in total. The van der Waals surface area contributed by atoms with Crippen LogP contribution < -0.4 is 10.6 Å². The summed E-state index contributed by atoms with van der Waals surface area (Å²) in [4.78, 5) is 18.4. The predicted octanol–water partition coefficient (Wildman–Crippen LogP) is 2.10. The lowest BCUT2D eigenvalue weighted by Gasteiger charge is -2.22. The maximum Gasteiger partial charge on any atom is 0.220 e. The summed E-state index contributed by atoms with van der Waals surface area (Å²) >= 11 is 0. The third-order valence-electron chi connectivity index (χ3n) is 3.91. The number of carbonyl (C=O) groups excluding carboxylic acids is 1. The van der Waals surface area contributed by atoms with Crippen molar-refractivity contribution in [1.82, 2.24) is 20.1 Å². The van der Waals surface area contributed by atoms with E-state index in [0.29, 0.717) is 19.0 Å². The van der Waals surface area contributed by atoms with Gasteiger partial charge in [-0.05, 0) is 38.3 Å². The Morgan fingerprint density at radius 1 is 1.46 bits per heavy atom. The first kappa shape index (κ1) is 20.8. The summed E-state index contributed by atoms with van der Waals surface area (Å²) in [6.07, 6.45) is 5.66. The number of aromatic nitrogens is 1. The fourth-order valence-corrected chi connectivity index (χ4v) is 2.40. The highest BCUT2D eigenvalue weighted by Gasteiger charge is 2.22. The number of aryl methyl sites for hydroxylation is 1. The number of nitrogens with one attached hydrogen (secondary N) is 2. The average Bonchev–Trinajstić information content (AvgIpc) is 3.24. The van der Waals surface area contributed by atoms with Crippen LogP contribution in [-0.4, -0.2) is 47.5 Å². The molecule has 0 spiro atoms. The van der Waals surface area contributed by atoms with E-state index in [1.165, 1.54) is 5.69 Å². The second-order valence-corrected chi connectivity index (χ2v) is 6.15. The molecular formula is C17H30IN5O. The van der Waals surface area contributed by atoms with Crippen LogP contribution in [0.1, 0.15) is 38.3 Å². The molecule has 1 amide bonds. The SMILES string of the molecule is CCNC(=NCCCC(=O)NC1CC1)N(C)Cc1cccn1C.I. The smallest absolute Gasteiger partial charge is 0.220 e. The van der Waals surface area contributed by atoms with Gasteiger partial charge < -0.3 is 20.1 Å². The largest absolute Gasteiger partial charge is 0.357 e. The van der Waals surface area contributed by atoms with Gasteiger partial charge in [-0.3, -0.25) is 9.79 Å². The number of amides is 1. The molecule has 1 aromatic heterocycles. The van der Waals surface area contributed by atoms with Crippen molar-refractivity contribution >= 4 is 35.8 Å². The number of hydrogen-bond donors (Lipinski definition) is 2. The Bertz CT molecular complexity index is 539. The Morgan fingerprint density at radius 3 is 2.79 bits per heavy atom. The summed E-state index contributed by atoms with van der Waals surface area (Å²) in [5.74, 6) is 1.04. The van der Waals surface area contributed by atoms with Gasteiger partial charge in [-0.25, -0.2) is 0 Å². The highest BCUT2D eigenvalue weighted by Crippen LogP contribution is 2.18. The van der Waals surface area contributed by atoms with E-state index >= 15 is 0 Å². The minimum Gasteiger partial charge on any atom is -0.357 e. The molecule has 0 bridgehead atoms. The van der Waals surface area contributed by atoms with Gasteiger partial charge in [0.05, 0.1) is 6.54 Å². The van der Waals surface area contributed by atoms with Gasteiger partial charge in [0.15, 0.2) is 5.96 Å². The van der Waals surface area contributed by atoms with E-state index in [4.69, 9.17) is 0 Å². The fourth-order valence-electron chi connectivity index (χ4n) is 2.40. The van der Waals surface area contributed by atoms with Gasteiger partial charge in [0.2, 0.25) is 5.91 Å². The van der Waals surface area contributed by atoms with E-state index in [9.17, 15) is 4.79 Å². The first-order chi connectivity index (χ1) is 11.1. The Hall–Kier alpha value is -1.25. The second kappa shape index (κ2) is 10.6. The minimum atomic E-state index is 0. The molecule has 7 heteroatoms. The van der Waals surface area contributed by atoms with E-state index in [-0.39, 0.29) is 29.9 Å². The van der Waals surface area contributed by atoms with E-state index in [0.717, 1.165) is 38.3 Å². The lowest BCUT2D eigenvalue weighted by Crippen LogP contribution is -2.39.